The number of aliphatic hydroxyl groups excluding tert-OH is 1. The Labute approximate surface area is 574 Å². The summed E-state index contributed by atoms with van der Waals surface area (Å²) < 4.78 is 0. The molecule has 97 heavy (non-hydrogen) atoms. The summed E-state index contributed by atoms with van der Waals surface area (Å²) in [6.07, 6.45) is 2.66. The van der Waals surface area contributed by atoms with Crippen LogP contribution in [-0.4, -0.2) is 240 Å². The molecule has 5 rings (SSSR count). The SMILES string of the molecule is CC[C@H](C)[C@@H]1NC(=O)[C@@H]2CCCN2CC(=O)C[C@H]([C@@H](C)O)NCC(=O)[C@H](Cc2ccccc2)NC(=O)CNC(=O)[C@H](Cc2ccccc2)N(C)C(=O)CC(CC(C)C)NC(=O)[C@H](CC(C)C)N(C)C(=O)C[C@H](CC(C)C)N(C)C(=O)CN(C)C(=O)[C@@H](C(=O)N2CCCCC2)NC1=O. The van der Waals surface area contributed by atoms with Gasteiger partial charge in [-0.3, -0.25) is 62.4 Å². The van der Waals surface area contributed by atoms with Crippen molar-refractivity contribution in [3.05, 3.63) is 71.8 Å². The molecule has 7 N–H and O–H groups in total. The molecule has 2 aromatic rings. The quantitative estimate of drug-likeness (QED) is 0.134. The van der Waals surface area contributed by atoms with Gasteiger partial charge in [0.05, 0.1) is 44.4 Å². The van der Waals surface area contributed by atoms with Crippen LogP contribution in [0, 0.1) is 23.7 Å². The van der Waals surface area contributed by atoms with Gasteiger partial charge in [0.25, 0.3) is 11.8 Å². The number of nitrogens with one attached hydrogen (secondary N) is 6. The van der Waals surface area contributed by atoms with Gasteiger partial charge in [-0.2, -0.15) is 0 Å². The van der Waals surface area contributed by atoms with Crippen molar-refractivity contribution in [2.45, 2.75) is 213 Å². The van der Waals surface area contributed by atoms with Crippen LogP contribution >= 0.6 is 0 Å². The van der Waals surface area contributed by atoms with Crippen LogP contribution in [0.5, 0.6) is 0 Å². The van der Waals surface area contributed by atoms with Crippen LogP contribution in [0.15, 0.2) is 60.7 Å². The van der Waals surface area contributed by atoms with E-state index >= 15 is 0 Å². The number of hydrogen-bond acceptors (Lipinski definition) is 15. The first-order chi connectivity index (χ1) is 45.9. The normalized spacial score (nSPS) is 26.1. The van der Waals surface area contributed by atoms with Gasteiger partial charge in [0.1, 0.15) is 23.9 Å². The highest BCUT2D eigenvalue weighted by Crippen LogP contribution is 2.23. The standard InChI is InChI=1S/C72H112N12O13/c1-14-48(8)65-70(95)78-66(72(97)83-30-22-17-23-31-83)71(96)79(10)44-64(91)80(11)53(34-46(4)5)39-63(90)81(12)58(35-47(6)7)69(94)75-52(33-45(2)3)38-62(89)82(13)59(37-51-27-20-16-21-28-51)67(92)74-42-61(88)76-56(36-50-25-18-15-19-26-50)60(87)41-73-55(49(9)85)40-54(86)43-84-32-24-29-57(84)68(93)77-65/h15-16,18-21,25-28,45-49,52-53,55-59,65-66,73,85H,14,17,22-24,29-44H2,1-13H3,(H,74,92)(H,75,94)(H,76,88)(H,77,93)(H,78,95)/t48-,49+,52?,53-,55+,56-,57-,58-,59-,65-,66-/m0/s1. The summed E-state index contributed by atoms with van der Waals surface area (Å²) in [7, 11) is 5.90. The third-order valence-corrected chi connectivity index (χ3v) is 18.9. The zero-order chi connectivity index (χ0) is 71.8. The zero-order valence-electron chi connectivity index (χ0n) is 59.7. The molecule has 3 fully saturated rings. The molecule has 3 aliphatic heterocycles. The number of rotatable bonds is 14. The van der Waals surface area contributed by atoms with E-state index in [9.17, 15) is 62.6 Å². The maximum absolute atomic E-state index is 14.8. The van der Waals surface area contributed by atoms with Gasteiger partial charge in [-0.15, -0.1) is 0 Å². The van der Waals surface area contributed by atoms with Gasteiger partial charge in [0, 0.05) is 85.1 Å². The predicted molar refractivity (Wildman–Crippen MR) is 369 cm³/mol. The molecule has 3 saturated heterocycles. The fraction of sp³-hybridized carbons (Fsp3) is 0.667. The molecule has 11 atom stereocenters. The van der Waals surface area contributed by atoms with Gasteiger partial charge in [0.15, 0.2) is 11.8 Å². The Hall–Kier alpha value is -7.64. The first kappa shape index (κ1) is 80.0. The van der Waals surface area contributed by atoms with E-state index in [-0.39, 0.29) is 75.2 Å². The van der Waals surface area contributed by atoms with Gasteiger partial charge < -0.3 is 61.5 Å². The average Bonchev–Trinajstić information content (AvgIpc) is 1.65. The highest BCUT2D eigenvalue weighted by atomic mass is 16.3. The van der Waals surface area contributed by atoms with E-state index in [0.29, 0.717) is 75.7 Å². The second kappa shape index (κ2) is 39.1. The topological polar surface area (TPSA) is 317 Å². The zero-order valence-corrected chi connectivity index (χ0v) is 59.7. The summed E-state index contributed by atoms with van der Waals surface area (Å²) in [5.74, 6) is -7.79. The number of carbonyl (C=O) groups excluding carboxylic acids is 12. The number of carbonyl (C=O) groups is 12. The van der Waals surface area contributed by atoms with E-state index in [1.165, 1.54) is 54.7 Å². The van der Waals surface area contributed by atoms with E-state index in [0.717, 1.165) is 11.3 Å². The minimum absolute atomic E-state index is 0.0250. The maximum Gasteiger partial charge on any atom is 0.255 e. The van der Waals surface area contributed by atoms with Crippen LogP contribution in [0.4, 0.5) is 0 Å². The molecule has 1 unspecified atom stereocenters. The lowest BCUT2D eigenvalue weighted by molar-refractivity contribution is -0.150. The molecule has 0 aliphatic carbocycles. The van der Waals surface area contributed by atoms with Crippen molar-refractivity contribution in [2.24, 2.45) is 23.7 Å². The molecular weight excluding hydrogens is 1240 g/mol. The highest BCUT2D eigenvalue weighted by Gasteiger charge is 2.42. The predicted octanol–water partition coefficient (Wildman–Crippen LogP) is 2.79. The minimum atomic E-state index is -1.79. The summed E-state index contributed by atoms with van der Waals surface area (Å²) in [6, 6.07) is 8.33. The van der Waals surface area contributed by atoms with Gasteiger partial charge in [-0.05, 0) is 106 Å². The summed E-state index contributed by atoms with van der Waals surface area (Å²) in [4.78, 5) is 182. The van der Waals surface area contributed by atoms with Gasteiger partial charge in [-0.25, -0.2) is 0 Å². The van der Waals surface area contributed by atoms with Crippen LogP contribution < -0.4 is 31.9 Å². The maximum atomic E-state index is 14.8. The van der Waals surface area contributed by atoms with Crippen molar-refractivity contribution in [2.75, 3.05) is 74.0 Å². The van der Waals surface area contributed by atoms with E-state index in [2.05, 4.69) is 31.9 Å². The Morgan fingerprint density at radius 3 is 1.74 bits per heavy atom. The Bertz CT molecular complexity index is 2980. The molecule has 0 radical (unpaired) electrons. The number of Topliss-reactive ketones (excluding diaryl/α,β-unsaturated/α-hetero) is 2. The Morgan fingerprint density at radius 2 is 1.15 bits per heavy atom. The number of fused-ring (bicyclic) bond motifs is 1. The number of amides is 10. The third kappa shape index (κ3) is 25.0. The summed E-state index contributed by atoms with van der Waals surface area (Å²) in [5.41, 5.74) is 1.43. The van der Waals surface area contributed by atoms with Crippen LogP contribution in [-0.2, 0) is 70.4 Å². The molecule has 538 valence electrons. The second-order valence-electron chi connectivity index (χ2n) is 28.4. The lowest BCUT2D eigenvalue weighted by atomic mass is 9.96. The van der Waals surface area contributed by atoms with E-state index in [1.54, 1.807) is 66.4 Å². The number of nitrogens with zero attached hydrogens (tertiary/aromatic N) is 6. The number of aliphatic hydroxyl groups is 1. The Morgan fingerprint density at radius 1 is 0.567 bits per heavy atom. The summed E-state index contributed by atoms with van der Waals surface area (Å²) >= 11 is 0. The van der Waals surface area contributed by atoms with Gasteiger partial charge in [0.2, 0.25) is 47.3 Å². The highest BCUT2D eigenvalue weighted by molar-refractivity contribution is 6.08. The van der Waals surface area contributed by atoms with Crippen molar-refractivity contribution >= 4 is 70.6 Å². The fourth-order valence-electron chi connectivity index (χ4n) is 12.9. The van der Waals surface area contributed by atoms with Crippen molar-refractivity contribution < 1.29 is 62.6 Å². The van der Waals surface area contributed by atoms with E-state index < -0.39 is 144 Å². The Balaban J connectivity index is 1.53. The number of hydrogen-bond donors (Lipinski definition) is 7. The van der Waals surface area contributed by atoms with Crippen molar-refractivity contribution in [3.63, 3.8) is 0 Å². The molecule has 2 aromatic carbocycles. The molecule has 0 saturated carbocycles. The van der Waals surface area contributed by atoms with Crippen LogP contribution in [0.1, 0.15) is 150 Å². The summed E-state index contributed by atoms with van der Waals surface area (Å²) in [5, 5.41) is 28.2. The number of piperidine rings is 1. The number of likely N-dealkylation sites (N-methyl/N-ethyl adjacent to an activating group) is 4. The van der Waals surface area contributed by atoms with E-state index in [1.807, 2.05) is 54.5 Å². The molecule has 10 amide bonds. The monoisotopic (exact) mass is 1350 g/mol. The molecule has 25 heteroatoms. The lowest BCUT2D eigenvalue weighted by Crippen LogP contribution is -2.62. The van der Waals surface area contributed by atoms with Crippen molar-refractivity contribution in [3.8, 4) is 0 Å². The summed E-state index contributed by atoms with van der Waals surface area (Å²) in [6.45, 7) is 15.9. The molecule has 25 nitrogen and oxygen atoms in total. The van der Waals surface area contributed by atoms with Crippen molar-refractivity contribution in [1.29, 1.82) is 0 Å². The molecule has 3 heterocycles. The molecule has 0 aromatic heterocycles. The number of likely N-dealkylation sites (tertiary alicyclic amines) is 1. The number of benzene rings is 2. The fourth-order valence-corrected chi connectivity index (χ4v) is 12.9. The Kier molecular flexibility index (Phi) is 32.2. The van der Waals surface area contributed by atoms with Crippen LogP contribution in [0.25, 0.3) is 0 Å². The van der Waals surface area contributed by atoms with Gasteiger partial charge >= 0.3 is 0 Å². The first-order valence-corrected chi connectivity index (χ1v) is 35.0. The molecule has 0 bridgehead atoms. The van der Waals surface area contributed by atoms with Crippen LogP contribution in [0.2, 0.25) is 0 Å². The largest absolute Gasteiger partial charge is 0.392 e. The lowest BCUT2D eigenvalue weighted by Gasteiger charge is -2.35. The van der Waals surface area contributed by atoms with Gasteiger partial charge in [-0.1, -0.05) is 122 Å². The minimum Gasteiger partial charge on any atom is -0.392 e. The van der Waals surface area contributed by atoms with Crippen molar-refractivity contribution in [1.82, 2.24) is 61.3 Å². The second-order valence-corrected chi connectivity index (χ2v) is 28.4. The smallest absolute Gasteiger partial charge is 0.255 e. The molecule has 3 aliphatic rings. The number of ketones is 2. The third-order valence-electron chi connectivity index (χ3n) is 18.9. The van der Waals surface area contributed by atoms with Crippen LogP contribution in [0.3, 0.4) is 0 Å². The first-order valence-electron chi connectivity index (χ1n) is 35.0. The van der Waals surface area contributed by atoms with E-state index in [4.69, 9.17) is 0 Å². The molecule has 0 spiro atoms. The molecular formula is C72H112N12O13. The average molecular weight is 1350 g/mol.